The van der Waals surface area contributed by atoms with Crippen LogP contribution in [0, 0.1) is 0 Å². The third-order valence-electron chi connectivity index (χ3n) is 4.35. The van der Waals surface area contributed by atoms with E-state index in [2.05, 4.69) is 25.2 Å². The molecule has 21 heavy (non-hydrogen) atoms. The molecule has 2 aliphatic heterocycles. The smallest absolute Gasteiger partial charge is 0.317 e. The number of carbonyl (C=O) groups excluding carboxylic acids is 1. The van der Waals surface area contributed by atoms with Gasteiger partial charge in [0.05, 0.1) is 17.9 Å². The van der Waals surface area contributed by atoms with Gasteiger partial charge in [-0.1, -0.05) is 0 Å². The van der Waals surface area contributed by atoms with Crippen molar-refractivity contribution in [2.45, 2.75) is 18.9 Å². The molecule has 0 bridgehead atoms. The number of anilines is 1. The Labute approximate surface area is 122 Å². The topological polar surface area (TPSA) is 77.2 Å². The summed E-state index contributed by atoms with van der Waals surface area (Å²) in [6.07, 6.45) is 5.63. The lowest BCUT2D eigenvalue weighted by Crippen LogP contribution is -2.49. The van der Waals surface area contributed by atoms with Gasteiger partial charge in [0.1, 0.15) is 5.52 Å². The minimum atomic E-state index is 0.0628. The first-order valence-electron chi connectivity index (χ1n) is 7.40. The number of hydrogen-bond acceptors (Lipinski definition) is 4. The highest BCUT2D eigenvalue weighted by molar-refractivity contribution is 5.85. The van der Waals surface area contributed by atoms with Crippen molar-refractivity contribution in [1.29, 1.82) is 0 Å². The summed E-state index contributed by atoms with van der Waals surface area (Å²) in [5.74, 6) is 0.915. The van der Waals surface area contributed by atoms with Crippen LogP contribution in [0.25, 0.3) is 11.0 Å². The van der Waals surface area contributed by atoms with Gasteiger partial charge in [0, 0.05) is 32.4 Å². The van der Waals surface area contributed by atoms with E-state index in [0.717, 1.165) is 55.9 Å². The first kappa shape index (κ1) is 12.4. The zero-order valence-corrected chi connectivity index (χ0v) is 11.7. The summed E-state index contributed by atoms with van der Waals surface area (Å²) in [6.45, 7) is 3.34. The summed E-state index contributed by atoms with van der Waals surface area (Å²) >= 11 is 0. The maximum Gasteiger partial charge on any atom is 0.317 e. The van der Waals surface area contributed by atoms with Gasteiger partial charge >= 0.3 is 6.03 Å². The zero-order chi connectivity index (χ0) is 14.2. The van der Waals surface area contributed by atoms with Crippen molar-refractivity contribution in [3.8, 4) is 0 Å². The van der Waals surface area contributed by atoms with E-state index in [1.807, 2.05) is 17.2 Å². The van der Waals surface area contributed by atoms with Crippen LogP contribution < -0.4 is 10.2 Å². The van der Waals surface area contributed by atoms with Crippen molar-refractivity contribution in [2.75, 3.05) is 31.1 Å². The molecule has 0 saturated carbocycles. The summed E-state index contributed by atoms with van der Waals surface area (Å²) in [7, 11) is 0. The van der Waals surface area contributed by atoms with E-state index >= 15 is 0 Å². The highest BCUT2D eigenvalue weighted by Crippen LogP contribution is 2.26. The Bertz CT molecular complexity index is 668. The molecule has 2 fully saturated rings. The minimum Gasteiger partial charge on any atom is -0.353 e. The Hall–Kier alpha value is -2.31. The van der Waals surface area contributed by atoms with Gasteiger partial charge in [-0.3, -0.25) is 0 Å². The highest BCUT2D eigenvalue weighted by Gasteiger charge is 2.32. The Morgan fingerprint density at radius 1 is 1.29 bits per heavy atom. The van der Waals surface area contributed by atoms with Crippen LogP contribution in [0.15, 0.2) is 18.6 Å². The van der Waals surface area contributed by atoms with Crippen molar-refractivity contribution < 1.29 is 4.79 Å². The third kappa shape index (κ3) is 2.09. The molecule has 1 unspecified atom stereocenters. The summed E-state index contributed by atoms with van der Waals surface area (Å²) < 4.78 is 0. The summed E-state index contributed by atoms with van der Waals surface area (Å²) in [5, 5.41) is 2.88. The Morgan fingerprint density at radius 2 is 2.24 bits per heavy atom. The molecule has 2 aliphatic rings. The molecule has 2 N–H and O–H groups in total. The zero-order valence-electron chi connectivity index (χ0n) is 11.7. The van der Waals surface area contributed by atoms with E-state index < -0.39 is 0 Å². The number of H-pyrrole nitrogens is 1. The van der Waals surface area contributed by atoms with Crippen LogP contribution in [0.4, 0.5) is 10.6 Å². The second-order valence-electron chi connectivity index (χ2n) is 5.60. The Morgan fingerprint density at radius 3 is 3.10 bits per heavy atom. The average Bonchev–Trinajstić information content (AvgIpc) is 3.15. The second kappa shape index (κ2) is 4.91. The average molecular weight is 286 g/mol. The fourth-order valence-corrected chi connectivity index (χ4v) is 3.32. The summed E-state index contributed by atoms with van der Waals surface area (Å²) in [5.41, 5.74) is 1.91. The molecule has 0 spiro atoms. The number of pyridine rings is 1. The van der Waals surface area contributed by atoms with Gasteiger partial charge in [-0.2, -0.15) is 0 Å². The molecule has 4 rings (SSSR count). The molecule has 2 amide bonds. The van der Waals surface area contributed by atoms with Gasteiger partial charge in [0.25, 0.3) is 0 Å². The number of nitrogens with zero attached hydrogens (tertiary/aromatic N) is 4. The standard InChI is InChI=1S/C14H18N6O/c21-14-16-5-7-20(14)10-2-1-6-19(8-10)13-12-11(3-4-15-13)17-9-18-12/h3-4,9-10H,1-2,5-8H2,(H,16,21)(H,17,18). The molecule has 1 atom stereocenters. The van der Waals surface area contributed by atoms with Crippen LogP contribution in [-0.2, 0) is 0 Å². The molecule has 2 saturated heterocycles. The normalized spacial score (nSPS) is 22.9. The number of urea groups is 1. The lowest BCUT2D eigenvalue weighted by molar-refractivity contribution is 0.189. The fourth-order valence-electron chi connectivity index (χ4n) is 3.32. The number of piperidine rings is 1. The third-order valence-corrected chi connectivity index (χ3v) is 4.35. The van der Waals surface area contributed by atoms with Gasteiger partial charge in [-0.15, -0.1) is 0 Å². The number of imidazole rings is 1. The molecule has 7 heteroatoms. The predicted molar refractivity (Wildman–Crippen MR) is 79.2 cm³/mol. The van der Waals surface area contributed by atoms with E-state index in [0.29, 0.717) is 0 Å². The highest BCUT2D eigenvalue weighted by atomic mass is 16.2. The minimum absolute atomic E-state index is 0.0628. The monoisotopic (exact) mass is 286 g/mol. The van der Waals surface area contributed by atoms with Crippen molar-refractivity contribution in [3.63, 3.8) is 0 Å². The number of nitrogens with one attached hydrogen (secondary N) is 2. The van der Waals surface area contributed by atoms with E-state index in [4.69, 9.17) is 0 Å². The maximum atomic E-state index is 11.9. The van der Waals surface area contributed by atoms with Crippen LogP contribution in [0.2, 0.25) is 0 Å². The number of aromatic nitrogens is 3. The van der Waals surface area contributed by atoms with Crippen molar-refractivity contribution in [2.24, 2.45) is 0 Å². The molecular formula is C14H18N6O. The lowest BCUT2D eigenvalue weighted by Gasteiger charge is -2.37. The molecule has 4 heterocycles. The molecule has 110 valence electrons. The van der Waals surface area contributed by atoms with Gasteiger partial charge in [-0.05, 0) is 18.9 Å². The predicted octanol–water partition coefficient (Wildman–Crippen LogP) is 0.952. The number of aromatic amines is 1. The SMILES string of the molecule is O=C1NCCN1C1CCCN(c2nccc3[nH]cnc23)C1. The number of rotatable bonds is 2. The first-order chi connectivity index (χ1) is 10.3. The molecule has 2 aromatic rings. The molecule has 7 nitrogen and oxygen atoms in total. The van der Waals surface area contributed by atoms with E-state index in [-0.39, 0.29) is 12.1 Å². The van der Waals surface area contributed by atoms with Gasteiger partial charge in [0.2, 0.25) is 0 Å². The number of fused-ring (bicyclic) bond motifs is 1. The molecule has 2 aromatic heterocycles. The van der Waals surface area contributed by atoms with Gasteiger partial charge < -0.3 is 20.1 Å². The lowest BCUT2D eigenvalue weighted by atomic mass is 10.0. The molecule has 0 aliphatic carbocycles. The van der Waals surface area contributed by atoms with E-state index in [9.17, 15) is 4.79 Å². The quantitative estimate of drug-likeness (QED) is 0.862. The van der Waals surface area contributed by atoms with Gasteiger partial charge in [-0.25, -0.2) is 14.8 Å². The number of amides is 2. The van der Waals surface area contributed by atoms with Gasteiger partial charge in [0.15, 0.2) is 5.82 Å². The van der Waals surface area contributed by atoms with Crippen LogP contribution in [0.5, 0.6) is 0 Å². The number of carbonyl (C=O) groups is 1. The fraction of sp³-hybridized carbons (Fsp3) is 0.500. The second-order valence-corrected chi connectivity index (χ2v) is 5.60. The van der Waals surface area contributed by atoms with Crippen molar-refractivity contribution in [3.05, 3.63) is 18.6 Å². The Balaban J connectivity index is 1.60. The molecular weight excluding hydrogens is 268 g/mol. The molecule has 0 aromatic carbocycles. The largest absolute Gasteiger partial charge is 0.353 e. The first-order valence-corrected chi connectivity index (χ1v) is 7.40. The van der Waals surface area contributed by atoms with Crippen LogP contribution >= 0.6 is 0 Å². The van der Waals surface area contributed by atoms with Crippen molar-refractivity contribution in [1.82, 2.24) is 25.2 Å². The number of hydrogen-bond donors (Lipinski definition) is 2. The van der Waals surface area contributed by atoms with Crippen LogP contribution in [0.3, 0.4) is 0 Å². The van der Waals surface area contributed by atoms with Crippen molar-refractivity contribution >= 4 is 22.9 Å². The molecule has 0 radical (unpaired) electrons. The van der Waals surface area contributed by atoms with Crippen LogP contribution in [-0.4, -0.2) is 58.1 Å². The van der Waals surface area contributed by atoms with E-state index in [1.165, 1.54) is 0 Å². The maximum absolute atomic E-state index is 11.9. The summed E-state index contributed by atoms with van der Waals surface area (Å²) in [6, 6.07) is 2.26. The Kier molecular flexibility index (Phi) is 2.90. The van der Waals surface area contributed by atoms with Crippen LogP contribution in [0.1, 0.15) is 12.8 Å². The van der Waals surface area contributed by atoms with E-state index in [1.54, 1.807) is 6.33 Å². The summed E-state index contributed by atoms with van der Waals surface area (Å²) in [4.78, 5) is 28.1.